The zero-order valence-electron chi connectivity index (χ0n) is 11.1. The van der Waals surface area contributed by atoms with Gasteiger partial charge >= 0.3 is 6.01 Å². The van der Waals surface area contributed by atoms with Crippen molar-refractivity contribution in [3.05, 3.63) is 64.9 Å². The van der Waals surface area contributed by atoms with E-state index in [1.165, 1.54) is 18.2 Å². The molecule has 1 amide bonds. The van der Waals surface area contributed by atoms with Crippen molar-refractivity contribution in [3.8, 4) is 11.5 Å². The van der Waals surface area contributed by atoms with E-state index in [1.807, 2.05) is 0 Å². The lowest BCUT2D eigenvalue weighted by atomic mass is 10.2. The SMILES string of the molecule is O=C(Nc1nnc(-c2ccc(Cl)cc2)o1)c1ccccc1F. The lowest BCUT2D eigenvalue weighted by molar-refractivity contribution is 0.102. The van der Waals surface area contributed by atoms with Gasteiger partial charge in [-0.2, -0.15) is 0 Å². The van der Waals surface area contributed by atoms with Gasteiger partial charge in [-0.05, 0) is 36.4 Å². The summed E-state index contributed by atoms with van der Waals surface area (Å²) < 4.78 is 18.8. The number of hydrogen-bond donors (Lipinski definition) is 1. The van der Waals surface area contributed by atoms with Crippen LogP contribution in [-0.2, 0) is 0 Å². The molecule has 3 aromatic rings. The molecule has 0 aliphatic rings. The first-order valence-corrected chi connectivity index (χ1v) is 6.66. The number of benzene rings is 2. The minimum atomic E-state index is -0.663. The Hall–Kier alpha value is -2.73. The van der Waals surface area contributed by atoms with Gasteiger partial charge in [-0.3, -0.25) is 10.1 Å². The van der Waals surface area contributed by atoms with E-state index in [-0.39, 0.29) is 17.5 Å². The number of amides is 1. The van der Waals surface area contributed by atoms with Gasteiger partial charge in [-0.15, -0.1) is 5.10 Å². The van der Waals surface area contributed by atoms with Gasteiger partial charge in [-0.1, -0.05) is 28.8 Å². The summed E-state index contributed by atoms with van der Waals surface area (Å²) in [5, 5.41) is 10.5. The van der Waals surface area contributed by atoms with Crippen LogP contribution in [0.1, 0.15) is 10.4 Å². The van der Waals surface area contributed by atoms with Crippen molar-refractivity contribution in [1.82, 2.24) is 10.2 Å². The third kappa shape index (κ3) is 2.96. The first-order chi connectivity index (χ1) is 10.6. The number of nitrogens with one attached hydrogen (secondary N) is 1. The van der Waals surface area contributed by atoms with Crippen LogP contribution < -0.4 is 5.32 Å². The zero-order chi connectivity index (χ0) is 15.5. The molecule has 0 bridgehead atoms. The maximum absolute atomic E-state index is 13.5. The number of halogens is 2. The van der Waals surface area contributed by atoms with Crippen molar-refractivity contribution in [2.24, 2.45) is 0 Å². The molecule has 0 aliphatic carbocycles. The molecule has 3 rings (SSSR count). The molecule has 5 nitrogen and oxygen atoms in total. The van der Waals surface area contributed by atoms with Gasteiger partial charge in [0, 0.05) is 10.6 Å². The summed E-state index contributed by atoms with van der Waals surface area (Å²) in [6, 6.07) is 12.3. The van der Waals surface area contributed by atoms with Crippen molar-refractivity contribution in [1.29, 1.82) is 0 Å². The Morgan fingerprint density at radius 2 is 1.82 bits per heavy atom. The number of anilines is 1. The minimum absolute atomic E-state index is 0.103. The standard InChI is InChI=1S/C15H9ClFN3O2/c16-10-7-5-9(6-8-10)14-19-20-15(22-14)18-13(21)11-3-1-2-4-12(11)17/h1-8H,(H,18,20,21). The topological polar surface area (TPSA) is 68.0 Å². The fraction of sp³-hybridized carbons (Fsp3) is 0. The van der Waals surface area contributed by atoms with E-state index in [2.05, 4.69) is 15.5 Å². The zero-order valence-corrected chi connectivity index (χ0v) is 11.8. The quantitative estimate of drug-likeness (QED) is 0.798. The normalized spacial score (nSPS) is 10.5. The van der Waals surface area contributed by atoms with E-state index in [0.717, 1.165) is 0 Å². The van der Waals surface area contributed by atoms with Crippen LogP contribution in [0.4, 0.5) is 10.4 Å². The fourth-order valence-electron chi connectivity index (χ4n) is 1.79. The van der Waals surface area contributed by atoms with E-state index in [9.17, 15) is 9.18 Å². The van der Waals surface area contributed by atoms with Crippen LogP contribution in [0.3, 0.4) is 0 Å². The van der Waals surface area contributed by atoms with Crippen LogP contribution in [0.5, 0.6) is 0 Å². The Bertz CT molecular complexity index is 818. The molecule has 0 radical (unpaired) electrons. The van der Waals surface area contributed by atoms with Gasteiger partial charge < -0.3 is 4.42 Å². The highest BCUT2D eigenvalue weighted by atomic mass is 35.5. The molecule has 1 heterocycles. The fourth-order valence-corrected chi connectivity index (χ4v) is 1.92. The van der Waals surface area contributed by atoms with Gasteiger partial charge in [0.15, 0.2) is 0 Å². The first kappa shape index (κ1) is 14.2. The Balaban J connectivity index is 1.78. The van der Waals surface area contributed by atoms with Crippen molar-refractivity contribution >= 4 is 23.5 Å². The Labute approximate surface area is 129 Å². The maximum atomic E-state index is 13.5. The van der Waals surface area contributed by atoms with E-state index < -0.39 is 11.7 Å². The summed E-state index contributed by atoms with van der Waals surface area (Å²) in [5.74, 6) is -1.07. The van der Waals surface area contributed by atoms with Gasteiger partial charge in [0.1, 0.15) is 5.82 Å². The Kier molecular flexibility index (Phi) is 3.84. The lowest BCUT2D eigenvalue weighted by Gasteiger charge is -2.01. The maximum Gasteiger partial charge on any atom is 0.322 e. The van der Waals surface area contributed by atoms with Crippen molar-refractivity contribution in [2.45, 2.75) is 0 Å². The summed E-state index contributed by atoms with van der Waals surface area (Å²) in [7, 11) is 0. The van der Waals surface area contributed by atoms with E-state index >= 15 is 0 Å². The summed E-state index contributed by atoms with van der Waals surface area (Å²) in [6.45, 7) is 0. The number of aromatic nitrogens is 2. The monoisotopic (exact) mass is 317 g/mol. The second-order valence-electron chi connectivity index (χ2n) is 4.35. The largest absolute Gasteiger partial charge is 0.403 e. The first-order valence-electron chi connectivity index (χ1n) is 6.29. The number of rotatable bonds is 3. The number of nitrogens with zero attached hydrogens (tertiary/aromatic N) is 2. The minimum Gasteiger partial charge on any atom is -0.403 e. The molecule has 0 saturated carbocycles. The highest BCUT2D eigenvalue weighted by Gasteiger charge is 2.15. The Morgan fingerprint density at radius 3 is 2.55 bits per heavy atom. The van der Waals surface area contributed by atoms with Gasteiger partial charge in [-0.25, -0.2) is 4.39 Å². The van der Waals surface area contributed by atoms with Crippen LogP contribution in [-0.4, -0.2) is 16.1 Å². The Morgan fingerprint density at radius 1 is 1.09 bits per heavy atom. The molecule has 110 valence electrons. The third-order valence-corrected chi connectivity index (χ3v) is 3.11. The lowest BCUT2D eigenvalue weighted by Crippen LogP contribution is -2.13. The molecule has 0 spiro atoms. The summed E-state index contributed by atoms with van der Waals surface area (Å²) >= 11 is 5.80. The van der Waals surface area contributed by atoms with Crippen LogP contribution >= 0.6 is 11.6 Å². The smallest absolute Gasteiger partial charge is 0.322 e. The highest BCUT2D eigenvalue weighted by Crippen LogP contribution is 2.22. The second kappa shape index (κ2) is 5.95. The summed E-state index contributed by atoms with van der Waals surface area (Å²) in [4.78, 5) is 11.9. The third-order valence-electron chi connectivity index (χ3n) is 2.86. The van der Waals surface area contributed by atoms with E-state index in [4.69, 9.17) is 16.0 Å². The molecule has 7 heteroatoms. The molecule has 0 unspecified atom stereocenters. The van der Waals surface area contributed by atoms with Crippen molar-refractivity contribution in [3.63, 3.8) is 0 Å². The van der Waals surface area contributed by atoms with Crippen LogP contribution in [0.15, 0.2) is 52.9 Å². The molecule has 22 heavy (non-hydrogen) atoms. The average Bonchev–Trinajstić information content (AvgIpc) is 2.97. The van der Waals surface area contributed by atoms with Gasteiger partial charge in [0.25, 0.3) is 5.91 Å². The molecule has 1 aromatic heterocycles. The molecule has 1 N–H and O–H groups in total. The number of carbonyl (C=O) groups excluding carboxylic acids is 1. The molecule has 0 aliphatic heterocycles. The average molecular weight is 318 g/mol. The predicted molar refractivity (Wildman–Crippen MR) is 79.1 cm³/mol. The van der Waals surface area contributed by atoms with Crippen LogP contribution in [0, 0.1) is 5.82 Å². The molecule has 0 saturated heterocycles. The molecule has 2 aromatic carbocycles. The van der Waals surface area contributed by atoms with Crippen molar-refractivity contribution in [2.75, 3.05) is 5.32 Å². The summed E-state index contributed by atoms with van der Waals surface area (Å²) in [6.07, 6.45) is 0. The second-order valence-corrected chi connectivity index (χ2v) is 4.79. The summed E-state index contributed by atoms with van der Waals surface area (Å²) in [5.41, 5.74) is 0.553. The highest BCUT2D eigenvalue weighted by molar-refractivity contribution is 6.30. The van der Waals surface area contributed by atoms with E-state index in [1.54, 1.807) is 30.3 Å². The number of hydrogen-bond acceptors (Lipinski definition) is 4. The molecule has 0 fully saturated rings. The number of carbonyl (C=O) groups is 1. The molecular formula is C15H9ClFN3O2. The molecular weight excluding hydrogens is 309 g/mol. The van der Waals surface area contributed by atoms with Gasteiger partial charge in [0.2, 0.25) is 5.89 Å². The van der Waals surface area contributed by atoms with Crippen LogP contribution in [0.25, 0.3) is 11.5 Å². The molecule has 0 atom stereocenters. The van der Waals surface area contributed by atoms with E-state index in [0.29, 0.717) is 10.6 Å². The van der Waals surface area contributed by atoms with Crippen molar-refractivity contribution < 1.29 is 13.6 Å². The van der Waals surface area contributed by atoms with Crippen LogP contribution in [0.2, 0.25) is 5.02 Å². The van der Waals surface area contributed by atoms with Gasteiger partial charge in [0.05, 0.1) is 5.56 Å². The predicted octanol–water partition coefficient (Wildman–Crippen LogP) is 3.78.